The number of hydrogen-bond acceptors (Lipinski definition) is 2. The summed E-state index contributed by atoms with van der Waals surface area (Å²) in [5.41, 5.74) is 1.75. The maximum absolute atomic E-state index is 7.00. The Bertz CT molecular complexity index is 122. The highest BCUT2D eigenvalue weighted by molar-refractivity contribution is 6.13. The summed E-state index contributed by atoms with van der Waals surface area (Å²) in [5, 5.41) is 14.0. The molecule has 1 fully saturated rings. The Morgan fingerprint density at radius 3 is 2.33 bits per heavy atom. The van der Waals surface area contributed by atoms with Crippen LogP contribution in [0.25, 0.3) is 0 Å². The lowest BCUT2D eigenvalue weighted by Crippen LogP contribution is -1.75. The van der Waals surface area contributed by atoms with E-state index in [1.165, 1.54) is 19.3 Å². The van der Waals surface area contributed by atoms with Crippen molar-refractivity contribution in [1.29, 1.82) is 0 Å². The predicted octanol–water partition coefficient (Wildman–Crippen LogP) is 0.232. The second kappa shape index (κ2) is 3.04. The van der Waals surface area contributed by atoms with Crippen LogP contribution >= 0.6 is 0 Å². The molecule has 1 saturated carbocycles. The predicted molar refractivity (Wildman–Crippen MR) is 35.6 cm³/mol. The van der Waals surface area contributed by atoms with Gasteiger partial charge in [-0.3, -0.25) is 0 Å². The third kappa shape index (κ3) is 1.84. The lowest BCUT2D eigenvalue weighted by molar-refractivity contribution is 0.448. The van der Waals surface area contributed by atoms with Crippen LogP contribution in [0.5, 0.6) is 0 Å². The van der Waals surface area contributed by atoms with E-state index >= 15 is 0 Å². The fourth-order valence-corrected chi connectivity index (χ4v) is 1.27. The zero-order chi connectivity index (χ0) is 6.69. The van der Waals surface area contributed by atoms with E-state index < -0.39 is 0 Å². The van der Waals surface area contributed by atoms with Crippen LogP contribution in [0.2, 0.25) is 0 Å². The summed E-state index contributed by atoms with van der Waals surface area (Å²) >= 11 is 0. The fraction of sp³-hybridized carbons (Fsp3) is 0.667. The lowest BCUT2D eigenvalue weighted by Gasteiger charge is -1.77. The second-order valence-corrected chi connectivity index (χ2v) is 2.36. The minimum absolute atomic E-state index is 0. The molecule has 1 unspecified atom stereocenters. The minimum Gasteiger partial charge on any atom is -0.429 e. The zero-order valence-electron chi connectivity index (χ0n) is 5.25. The maximum Gasteiger partial charge on any atom is 0.482 e. The fourth-order valence-electron chi connectivity index (χ4n) is 1.27. The summed E-state index contributed by atoms with van der Waals surface area (Å²) in [6.07, 6.45) is 6.75. The van der Waals surface area contributed by atoms with Gasteiger partial charge in [-0.1, -0.05) is 11.6 Å². The summed E-state index contributed by atoms with van der Waals surface area (Å²) in [6, 6.07) is 0. The average molecular weight is 125 g/mol. The molecule has 0 aromatic carbocycles. The van der Waals surface area contributed by atoms with E-state index in [2.05, 4.69) is 6.08 Å². The summed E-state index contributed by atoms with van der Waals surface area (Å²) in [4.78, 5) is 0. The Balaban J connectivity index is 0.000000120. The van der Waals surface area contributed by atoms with Gasteiger partial charge in [0.25, 0.3) is 0 Å². The molecule has 0 aromatic heterocycles. The van der Waals surface area contributed by atoms with Crippen LogP contribution in [-0.4, -0.2) is 17.7 Å². The van der Waals surface area contributed by atoms with E-state index in [9.17, 15) is 0 Å². The van der Waals surface area contributed by atoms with Crippen LogP contribution < -0.4 is 0 Å². The van der Waals surface area contributed by atoms with Gasteiger partial charge in [-0.05, 0) is 25.2 Å². The lowest BCUT2D eigenvalue weighted by atomic mass is 10.3. The number of rotatable bonds is 0. The number of allylic oxidation sites excluding steroid dienone is 2. The first-order chi connectivity index (χ1) is 4.38. The molecule has 2 nitrogen and oxygen atoms in total. The maximum atomic E-state index is 7.00. The quantitative estimate of drug-likeness (QED) is 0.359. The Hall–Kier alpha value is -0.275. The molecule has 0 amide bonds. The summed E-state index contributed by atoms with van der Waals surface area (Å²) in [6.45, 7) is 0. The third-order valence-electron chi connectivity index (χ3n) is 1.76. The van der Waals surface area contributed by atoms with Gasteiger partial charge in [0.05, 0.1) is 0 Å². The molecule has 0 spiro atoms. The van der Waals surface area contributed by atoms with Crippen LogP contribution in [0.15, 0.2) is 11.6 Å². The molecule has 3 heteroatoms. The van der Waals surface area contributed by atoms with Crippen molar-refractivity contribution < 1.29 is 10.0 Å². The Morgan fingerprint density at radius 2 is 2.22 bits per heavy atom. The van der Waals surface area contributed by atoms with Gasteiger partial charge in [0.2, 0.25) is 0 Å². The van der Waals surface area contributed by atoms with Crippen LogP contribution in [0, 0.1) is 5.92 Å². The van der Waals surface area contributed by atoms with Crippen LogP contribution in [0.1, 0.15) is 19.3 Å². The monoisotopic (exact) mass is 125 g/mol. The van der Waals surface area contributed by atoms with Crippen molar-refractivity contribution >= 4 is 7.69 Å². The molecule has 1 radical (unpaired) electrons. The number of fused-ring (bicyclic) bond motifs is 1. The minimum atomic E-state index is 0. The molecule has 0 saturated heterocycles. The molecule has 2 aliphatic rings. The summed E-state index contributed by atoms with van der Waals surface area (Å²) in [7, 11) is 0. The molecule has 2 aliphatic carbocycles. The van der Waals surface area contributed by atoms with Gasteiger partial charge in [0.1, 0.15) is 0 Å². The largest absolute Gasteiger partial charge is 0.482 e. The molecule has 0 bridgehead atoms. The Labute approximate surface area is 55.5 Å². The average Bonchev–Trinajstić information content (AvgIpc) is 2.43. The standard InChI is InChI=1S/C6H8.BH2O2/c1-2-5-4-6(5)3-1;2-1-3/h4-5H,1-3H2;2-3H. The van der Waals surface area contributed by atoms with Gasteiger partial charge >= 0.3 is 7.69 Å². The third-order valence-corrected chi connectivity index (χ3v) is 1.76. The van der Waals surface area contributed by atoms with Gasteiger partial charge in [-0.25, -0.2) is 0 Å². The van der Waals surface area contributed by atoms with E-state index in [0.717, 1.165) is 5.92 Å². The van der Waals surface area contributed by atoms with Crippen molar-refractivity contribution in [1.82, 2.24) is 0 Å². The van der Waals surface area contributed by atoms with Gasteiger partial charge in [-0.15, -0.1) is 0 Å². The highest BCUT2D eigenvalue weighted by Gasteiger charge is 2.28. The summed E-state index contributed by atoms with van der Waals surface area (Å²) < 4.78 is 0. The first kappa shape index (κ1) is 6.84. The molecule has 0 aromatic rings. The SMILES string of the molecule is C1=C2CCCC12.O[B]O. The van der Waals surface area contributed by atoms with E-state index in [4.69, 9.17) is 10.0 Å². The Kier molecular flexibility index (Phi) is 2.31. The molecule has 9 heavy (non-hydrogen) atoms. The van der Waals surface area contributed by atoms with Crippen molar-refractivity contribution in [2.45, 2.75) is 19.3 Å². The molecule has 1 atom stereocenters. The van der Waals surface area contributed by atoms with Crippen LogP contribution in [0.3, 0.4) is 0 Å². The van der Waals surface area contributed by atoms with Crippen LogP contribution in [-0.2, 0) is 0 Å². The normalized spacial score (nSPS) is 27.3. The topological polar surface area (TPSA) is 40.5 Å². The molecular formula is C6H10BO2. The molecular weight excluding hydrogens is 115 g/mol. The summed E-state index contributed by atoms with van der Waals surface area (Å²) in [5.74, 6) is 1.00. The van der Waals surface area contributed by atoms with Gasteiger partial charge < -0.3 is 10.0 Å². The van der Waals surface area contributed by atoms with Crippen LogP contribution in [0.4, 0.5) is 0 Å². The zero-order valence-corrected chi connectivity index (χ0v) is 5.25. The van der Waals surface area contributed by atoms with E-state index in [0.29, 0.717) is 0 Å². The van der Waals surface area contributed by atoms with Crippen molar-refractivity contribution in [3.63, 3.8) is 0 Å². The first-order valence-electron chi connectivity index (χ1n) is 3.19. The highest BCUT2D eigenvalue weighted by Crippen LogP contribution is 2.43. The van der Waals surface area contributed by atoms with Gasteiger partial charge in [0, 0.05) is 0 Å². The van der Waals surface area contributed by atoms with E-state index in [1.54, 1.807) is 5.57 Å². The van der Waals surface area contributed by atoms with Crippen molar-refractivity contribution in [2.24, 2.45) is 5.92 Å². The van der Waals surface area contributed by atoms with Crippen molar-refractivity contribution in [2.75, 3.05) is 0 Å². The number of hydrogen-bond donors (Lipinski definition) is 2. The first-order valence-corrected chi connectivity index (χ1v) is 3.19. The molecule has 0 aliphatic heterocycles. The molecule has 2 N–H and O–H groups in total. The van der Waals surface area contributed by atoms with Crippen molar-refractivity contribution in [3.8, 4) is 0 Å². The van der Waals surface area contributed by atoms with Gasteiger partial charge in [0.15, 0.2) is 0 Å². The molecule has 0 heterocycles. The van der Waals surface area contributed by atoms with Gasteiger partial charge in [-0.2, -0.15) is 0 Å². The molecule has 2 rings (SSSR count). The Morgan fingerprint density at radius 1 is 1.56 bits per heavy atom. The molecule has 49 valence electrons. The highest BCUT2D eigenvalue weighted by atomic mass is 16.4. The second-order valence-electron chi connectivity index (χ2n) is 2.36. The smallest absolute Gasteiger partial charge is 0.429 e. The van der Waals surface area contributed by atoms with E-state index in [-0.39, 0.29) is 7.69 Å². The van der Waals surface area contributed by atoms with Crippen molar-refractivity contribution in [3.05, 3.63) is 11.6 Å². The van der Waals surface area contributed by atoms with E-state index in [1.807, 2.05) is 0 Å².